The Morgan fingerprint density at radius 3 is 2.60 bits per heavy atom. The molecule has 2 aliphatic rings. The molecule has 2 amide bonds. The van der Waals surface area contributed by atoms with Crippen molar-refractivity contribution in [2.45, 2.75) is 25.5 Å². The van der Waals surface area contributed by atoms with E-state index in [-0.39, 0.29) is 24.9 Å². The Hall–Kier alpha value is -3.62. The molecule has 2 aliphatic heterocycles. The van der Waals surface area contributed by atoms with E-state index in [1.807, 2.05) is 30.3 Å². The maximum Gasteiger partial charge on any atom is 0.256 e. The predicted molar refractivity (Wildman–Crippen MR) is 132 cm³/mol. The summed E-state index contributed by atoms with van der Waals surface area (Å²) in [6.45, 7) is 2.13. The number of nitrogens with zero attached hydrogens (tertiary/aromatic N) is 5. The van der Waals surface area contributed by atoms with Crippen molar-refractivity contribution in [1.82, 2.24) is 20.0 Å². The van der Waals surface area contributed by atoms with Crippen LogP contribution in [0.4, 0.5) is 5.69 Å². The van der Waals surface area contributed by atoms with Gasteiger partial charge < -0.3 is 14.9 Å². The lowest BCUT2D eigenvalue weighted by atomic mass is 9.99. The van der Waals surface area contributed by atoms with Gasteiger partial charge in [-0.3, -0.25) is 14.5 Å². The van der Waals surface area contributed by atoms with Crippen LogP contribution < -0.4 is 4.90 Å². The summed E-state index contributed by atoms with van der Waals surface area (Å²) in [6, 6.07) is 15.8. The number of aliphatic hydroxyl groups excluding tert-OH is 1. The first-order valence-electron chi connectivity index (χ1n) is 11.9. The summed E-state index contributed by atoms with van der Waals surface area (Å²) >= 11 is 0. The van der Waals surface area contributed by atoms with Crippen LogP contribution in [0.25, 0.3) is 0 Å². The Morgan fingerprint density at radius 2 is 1.80 bits per heavy atom. The zero-order valence-electron chi connectivity index (χ0n) is 19.8. The van der Waals surface area contributed by atoms with Crippen LogP contribution in [-0.4, -0.2) is 76.2 Å². The summed E-state index contributed by atoms with van der Waals surface area (Å²) in [5.74, 6) is -0.419. The maximum atomic E-state index is 13.5. The minimum atomic E-state index is -0.755. The number of β-amino-alcohol motifs (C(OH)–C–C–N with tert-alkyl or cyclic N) is 1. The summed E-state index contributed by atoms with van der Waals surface area (Å²) in [5, 5.41) is 18.6. The molecule has 1 aromatic heterocycles. The first kappa shape index (κ1) is 23.1. The second-order valence-corrected chi connectivity index (χ2v) is 9.33. The Morgan fingerprint density at radius 1 is 0.971 bits per heavy atom. The summed E-state index contributed by atoms with van der Waals surface area (Å²) < 4.78 is 0. The fourth-order valence-corrected chi connectivity index (χ4v) is 4.93. The monoisotopic (exact) mass is 471 g/mol. The molecule has 8 heteroatoms. The number of aromatic nitrogens is 2. The van der Waals surface area contributed by atoms with Crippen molar-refractivity contribution in [2.24, 2.45) is 0 Å². The topological polar surface area (TPSA) is 89.9 Å². The molecular weight excluding hydrogens is 442 g/mol. The first-order chi connectivity index (χ1) is 17.0. The number of amides is 2. The number of likely N-dealkylation sites (N-methyl/N-ethyl adjacent to an activating group) is 1. The van der Waals surface area contributed by atoms with Crippen molar-refractivity contribution in [3.8, 4) is 0 Å². The highest BCUT2D eigenvalue weighted by Gasteiger charge is 2.31. The number of rotatable bonds is 6. The van der Waals surface area contributed by atoms with E-state index in [1.165, 1.54) is 20.9 Å². The van der Waals surface area contributed by atoms with Gasteiger partial charge in [-0.15, -0.1) is 0 Å². The lowest BCUT2D eigenvalue weighted by molar-refractivity contribution is -0.119. The number of anilines is 1. The van der Waals surface area contributed by atoms with E-state index < -0.39 is 6.10 Å². The van der Waals surface area contributed by atoms with E-state index in [4.69, 9.17) is 0 Å². The Kier molecular flexibility index (Phi) is 6.57. The Labute approximate surface area is 204 Å². The van der Waals surface area contributed by atoms with Crippen LogP contribution in [0.2, 0.25) is 0 Å². The van der Waals surface area contributed by atoms with Gasteiger partial charge in [0.15, 0.2) is 0 Å². The van der Waals surface area contributed by atoms with Crippen molar-refractivity contribution >= 4 is 17.5 Å². The molecule has 1 atom stereocenters. The third-order valence-corrected chi connectivity index (χ3v) is 6.80. The number of fused-ring (bicyclic) bond motifs is 2. The molecule has 35 heavy (non-hydrogen) atoms. The fourth-order valence-electron chi connectivity index (χ4n) is 4.93. The van der Waals surface area contributed by atoms with Crippen molar-refractivity contribution in [2.75, 3.05) is 38.1 Å². The number of carbonyl (C=O) groups is 2. The molecule has 3 heterocycles. The Balaban J connectivity index is 1.31. The molecule has 0 saturated carbocycles. The highest BCUT2D eigenvalue weighted by atomic mass is 16.3. The van der Waals surface area contributed by atoms with Gasteiger partial charge in [0.05, 0.1) is 23.6 Å². The molecule has 1 unspecified atom stereocenters. The highest BCUT2D eigenvalue weighted by Crippen LogP contribution is 2.27. The third-order valence-electron chi connectivity index (χ3n) is 6.80. The fraction of sp³-hybridized carbons (Fsp3) is 0.333. The average Bonchev–Trinajstić information content (AvgIpc) is 2.95. The molecule has 0 radical (unpaired) electrons. The summed E-state index contributed by atoms with van der Waals surface area (Å²) in [6.07, 6.45) is 4.13. The van der Waals surface area contributed by atoms with Crippen molar-refractivity contribution in [1.29, 1.82) is 0 Å². The van der Waals surface area contributed by atoms with E-state index in [9.17, 15) is 14.7 Å². The number of aliphatic hydroxyl groups is 1. The number of hydrogen-bond acceptors (Lipinski definition) is 6. The average molecular weight is 472 g/mol. The van der Waals surface area contributed by atoms with Crippen molar-refractivity contribution in [3.05, 3.63) is 88.7 Å². The van der Waals surface area contributed by atoms with Gasteiger partial charge in [0.2, 0.25) is 5.91 Å². The number of carbonyl (C=O) groups excluding carboxylic acids is 2. The van der Waals surface area contributed by atoms with Crippen LogP contribution in [0.1, 0.15) is 32.6 Å². The molecule has 0 saturated heterocycles. The van der Waals surface area contributed by atoms with Crippen LogP contribution >= 0.6 is 0 Å². The molecule has 2 aromatic carbocycles. The number of hydrogen-bond donors (Lipinski definition) is 1. The largest absolute Gasteiger partial charge is 0.390 e. The molecule has 0 fully saturated rings. The standard InChI is InChI=1S/C27H29N5O3/c1-30-25-7-6-19(12-20-8-10-28-29-14-20)13-24(25)27(35)32(18-26(30)34)17-23(33)16-31-11-9-21-4-2-3-5-22(21)15-31/h2-8,10,13-14,23,33H,9,11-12,15-18H2,1H3. The van der Waals surface area contributed by atoms with Crippen LogP contribution in [-0.2, 0) is 24.2 Å². The highest BCUT2D eigenvalue weighted by molar-refractivity contribution is 6.09. The lowest BCUT2D eigenvalue weighted by Crippen LogP contribution is -2.46. The Bertz CT molecular complexity index is 1230. The van der Waals surface area contributed by atoms with Crippen LogP contribution in [0.5, 0.6) is 0 Å². The van der Waals surface area contributed by atoms with Gasteiger partial charge in [-0.05, 0) is 53.3 Å². The van der Waals surface area contributed by atoms with Crippen molar-refractivity contribution in [3.63, 3.8) is 0 Å². The molecule has 1 N–H and O–H groups in total. The van der Waals surface area contributed by atoms with Gasteiger partial charge in [-0.25, -0.2) is 0 Å². The summed E-state index contributed by atoms with van der Waals surface area (Å²) in [7, 11) is 1.69. The van der Waals surface area contributed by atoms with Crippen LogP contribution in [0.15, 0.2) is 60.9 Å². The zero-order valence-corrected chi connectivity index (χ0v) is 19.8. The normalized spacial score (nSPS) is 17.1. The molecule has 0 aliphatic carbocycles. The predicted octanol–water partition coefficient (Wildman–Crippen LogP) is 1.91. The second kappa shape index (κ2) is 9.93. The molecule has 5 rings (SSSR count). The minimum Gasteiger partial charge on any atom is -0.390 e. The lowest BCUT2D eigenvalue weighted by Gasteiger charge is -2.32. The summed E-state index contributed by atoms with van der Waals surface area (Å²) in [5.41, 5.74) is 5.61. The van der Waals surface area contributed by atoms with E-state index in [2.05, 4.69) is 33.3 Å². The van der Waals surface area contributed by atoms with Crippen molar-refractivity contribution < 1.29 is 14.7 Å². The van der Waals surface area contributed by atoms with Gasteiger partial charge >= 0.3 is 0 Å². The molecule has 0 bridgehead atoms. The zero-order chi connectivity index (χ0) is 24.4. The van der Waals surface area contributed by atoms with Gasteiger partial charge in [0.25, 0.3) is 5.91 Å². The molecule has 0 spiro atoms. The quantitative estimate of drug-likeness (QED) is 0.591. The van der Waals surface area contributed by atoms with Gasteiger partial charge in [-0.1, -0.05) is 30.3 Å². The maximum absolute atomic E-state index is 13.5. The van der Waals surface area contributed by atoms with Gasteiger partial charge in [0.1, 0.15) is 6.54 Å². The molecule has 3 aromatic rings. The van der Waals surface area contributed by atoms with Gasteiger partial charge in [-0.2, -0.15) is 10.2 Å². The molecular formula is C27H29N5O3. The van der Waals surface area contributed by atoms with E-state index in [1.54, 1.807) is 19.4 Å². The third kappa shape index (κ3) is 5.08. The molecule has 8 nitrogen and oxygen atoms in total. The smallest absolute Gasteiger partial charge is 0.256 e. The minimum absolute atomic E-state index is 0.0620. The van der Waals surface area contributed by atoms with E-state index >= 15 is 0 Å². The van der Waals surface area contributed by atoms with E-state index in [0.29, 0.717) is 24.2 Å². The van der Waals surface area contributed by atoms with Gasteiger partial charge in [0, 0.05) is 39.4 Å². The van der Waals surface area contributed by atoms with Crippen LogP contribution in [0, 0.1) is 0 Å². The SMILES string of the molecule is CN1C(=O)CN(CC(O)CN2CCc3ccccc3C2)C(=O)c2cc(Cc3ccnnc3)ccc21. The van der Waals surface area contributed by atoms with E-state index in [0.717, 1.165) is 30.6 Å². The first-order valence-corrected chi connectivity index (χ1v) is 11.9. The molecule has 180 valence electrons. The number of benzene rings is 2. The second-order valence-electron chi connectivity index (χ2n) is 9.33. The summed E-state index contributed by atoms with van der Waals surface area (Å²) in [4.78, 5) is 31.6. The van der Waals surface area contributed by atoms with Crippen LogP contribution in [0.3, 0.4) is 0 Å².